The monoisotopic (exact) mass is 1950 g/mol. The summed E-state index contributed by atoms with van der Waals surface area (Å²) < 4.78 is 7.55. The van der Waals surface area contributed by atoms with Gasteiger partial charge in [-0.3, -0.25) is 0 Å². The number of thiophene rings is 1. The van der Waals surface area contributed by atoms with E-state index in [1.165, 1.54) is 288 Å². The van der Waals surface area contributed by atoms with Gasteiger partial charge in [-0.2, -0.15) is 0 Å². The lowest BCUT2D eigenvalue weighted by Crippen LogP contribution is -2.55. The van der Waals surface area contributed by atoms with E-state index in [4.69, 9.17) is 0 Å². The molecule has 12 fully saturated rings. The van der Waals surface area contributed by atoms with Crippen LogP contribution in [0, 0.1) is 71.0 Å². The predicted octanol–water partition coefficient (Wildman–Crippen LogP) is 38.7. The van der Waals surface area contributed by atoms with Crippen LogP contribution in [0.15, 0.2) is 443 Å². The maximum atomic E-state index is 2.63. The molecule has 722 valence electrons. The van der Waals surface area contributed by atoms with Crippen LogP contribution in [-0.2, 0) is 16.2 Å². The normalized spacial score (nSPS) is 24.3. The average molecular weight is 1950 g/mol. The molecule has 0 aliphatic heterocycles. The van der Waals surface area contributed by atoms with Crippen molar-refractivity contribution in [2.45, 2.75) is 113 Å². The summed E-state index contributed by atoms with van der Waals surface area (Å²) in [5.41, 5.74) is 37.1. The molecule has 5 nitrogen and oxygen atoms in total. The predicted molar refractivity (Wildman–Crippen MR) is 627 cm³/mol. The van der Waals surface area contributed by atoms with Crippen LogP contribution in [0.1, 0.15) is 130 Å². The van der Waals surface area contributed by atoms with Crippen molar-refractivity contribution < 1.29 is 0 Å². The Hall–Kier alpha value is -15.6. The zero-order chi connectivity index (χ0) is 97.9. The Kier molecular flexibility index (Phi) is 19.1. The first-order valence-corrected chi connectivity index (χ1v) is 56.7. The molecule has 0 atom stereocenters. The standard InChI is InChI=1S/2C50H40N2.C44H35NS/c1-2-10-35-30-40(18-17-34(35)9-1)51(38-19-21-39(22-20-38)52-48-15-7-4-12-44(48)45-13-5-8-16-49(45)52)41-23-24-43-42-11-3-6-14-46(42)50(47(43)31-41)36-26-32-25-33(28-36)29-37(50)27-32;1-2-12-38(13-3-1)52-48-17-9-7-15-44(48)45-23-21-41(31-49(45)52)51(39-19-18-34-10-4-5-11-35(34)29-39)40-20-22-43-42-14-6-8-16-46(42)50(47(43)30-40)36-25-32-24-33(27-36)28-37(50)26-32;1-2-8-30-24-33(14-13-29(30)7-1)45(35-16-18-39-38-10-4-6-12-42(38)46-43(39)26-35)34-15-17-37-36-9-3-5-11-40(36)44(41(37)25-34)31-20-27-19-28(22-31)23-32(44)21-27/h1-24,30-33,36-37H,25-29H2;1-23,29-33,36-37H,24-28H2;1-18,24-28,31-32H,19-23H2. The van der Waals surface area contributed by atoms with E-state index in [0.29, 0.717) is 0 Å². The van der Waals surface area contributed by atoms with Crippen molar-refractivity contribution in [3.8, 4) is 44.8 Å². The Labute approximate surface area is 880 Å². The fourth-order valence-electron chi connectivity index (χ4n) is 34.9. The van der Waals surface area contributed by atoms with Gasteiger partial charge in [0.1, 0.15) is 0 Å². The van der Waals surface area contributed by atoms with Crippen molar-refractivity contribution >= 4 is 159 Å². The second-order valence-electron chi connectivity index (χ2n) is 47.0. The number of para-hydroxylation sites is 4. The van der Waals surface area contributed by atoms with Crippen molar-refractivity contribution in [2.75, 3.05) is 14.7 Å². The summed E-state index contributed by atoms with van der Waals surface area (Å²) in [6, 6.07) is 168. The van der Waals surface area contributed by atoms with Gasteiger partial charge in [0.25, 0.3) is 0 Å². The fourth-order valence-corrected chi connectivity index (χ4v) is 36.0. The second kappa shape index (κ2) is 33.2. The molecule has 23 aromatic rings. The number of hydrogen-bond acceptors (Lipinski definition) is 4. The van der Waals surface area contributed by atoms with Gasteiger partial charge < -0.3 is 23.8 Å². The summed E-state index contributed by atoms with van der Waals surface area (Å²) in [6.07, 6.45) is 21.2. The van der Waals surface area contributed by atoms with Crippen LogP contribution in [0.3, 0.4) is 0 Å². The first-order chi connectivity index (χ1) is 74.2. The van der Waals surface area contributed by atoms with Gasteiger partial charge in [0.15, 0.2) is 0 Å². The zero-order valence-electron chi connectivity index (χ0n) is 84.3. The van der Waals surface area contributed by atoms with E-state index in [2.05, 4.69) is 467 Å². The zero-order valence-corrected chi connectivity index (χ0v) is 85.1. The quantitative estimate of drug-likeness (QED) is 0.129. The maximum absolute atomic E-state index is 2.63. The lowest BCUT2D eigenvalue weighted by Gasteiger charge is -2.61. The van der Waals surface area contributed by atoms with Crippen molar-refractivity contribution in [1.82, 2.24) is 9.13 Å². The molecule has 6 heteroatoms. The molecular formula is C144H115N5S. The van der Waals surface area contributed by atoms with E-state index < -0.39 is 0 Å². The van der Waals surface area contributed by atoms with Gasteiger partial charge in [-0.05, 0) is 424 Å². The number of anilines is 9. The highest BCUT2D eigenvalue weighted by Crippen LogP contribution is 2.74. The van der Waals surface area contributed by atoms with Crippen LogP contribution in [0.5, 0.6) is 0 Å². The minimum absolute atomic E-state index is 0.119. The number of nitrogens with zero attached hydrogens (tertiary/aromatic N) is 5. The molecule has 0 saturated heterocycles. The number of rotatable bonds is 11. The number of fused-ring (bicyclic) bond motifs is 21. The minimum atomic E-state index is 0.119. The van der Waals surface area contributed by atoms with Gasteiger partial charge in [0, 0.05) is 121 Å². The molecule has 12 bridgehead atoms. The van der Waals surface area contributed by atoms with Gasteiger partial charge in [-0.15, -0.1) is 11.3 Å². The topological polar surface area (TPSA) is 19.6 Å². The van der Waals surface area contributed by atoms with E-state index >= 15 is 0 Å². The van der Waals surface area contributed by atoms with Gasteiger partial charge >= 0.3 is 0 Å². The van der Waals surface area contributed by atoms with Crippen molar-refractivity contribution in [1.29, 1.82) is 0 Å². The SMILES string of the molecule is c1ccc(-n2c3ccccc3c3ccc(N(c4ccc5c(c4)C4(c6ccccc6-5)C5CC6CC(C5)CC4C6)c4ccc5ccccc5c4)cc32)cc1.c1ccc2c(c1)-c1ccc(N(c3ccc(-n4c5ccccc5c5ccccc54)cc3)c3ccc4ccccc4c3)cc1C21C2CC3CC(C2)CC1C3.c1ccc2c(c1)-c1ccc(N(c3ccc4ccccc4c3)c3ccc4c(c3)sc3ccccc34)cc1C21C2CC3CC(C2)CC1C3. The Morgan fingerprint density at radius 2 is 0.440 bits per heavy atom. The molecule has 0 N–H and O–H groups in total. The lowest BCUT2D eigenvalue weighted by atomic mass is 9.43. The van der Waals surface area contributed by atoms with Gasteiger partial charge in [0.2, 0.25) is 0 Å². The molecular weight excluding hydrogens is 1830 g/mol. The van der Waals surface area contributed by atoms with Gasteiger partial charge in [-0.25, -0.2) is 0 Å². The number of hydrogen-bond donors (Lipinski definition) is 0. The van der Waals surface area contributed by atoms with Crippen LogP contribution in [0.2, 0.25) is 0 Å². The van der Waals surface area contributed by atoms with E-state index in [-0.39, 0.29) is 16.2 Å². The smallest absolute Gasteiger partial charge is 0.0561 e. The largest absolute Gasteiger partial charge is 0.310 e. The van der Waals surface area contributed by atoms with Crippen LogP contribution in [-0.4, -0.2) is 9.13 Å². The molecule has 38 rings (SSSR count). The van der Waals surface area contributed by atoms with Crippen LogP contribution >= 0.6 is 11.3 Å². The molecule has 3 heterocycles. The first kappa shape index (κ1) is 86.4. The van der Waals surface area contributed by atoms with Gasteiger partial charge in [-0.1, -0.05) is 285 Å². The number of benzene rings is 20. The van der Waals surface area contributed by atoms with Crippen molar-refractivity contribution in [3.63, 3.8) is 0 Å². The summed E-state index contributed by atoms with van der Waals surface area (Å²) in [4.78, 5) is 7.57. The van der Waals surface area contributed by atoms with Crippen LogP contribution in [0.25, 0.3) is 141 Å². The Balaban J connectivity index is 0.0000000976. The highest BCUT2D eigenvalue weighted by molar-refractivity contribution is 7.25. The number of aromatic nitrogens is 2. The molecule has 12 saturated carbocycles. The summed E-state index contributed by atoms with van der Waals surface area (Å²) in [7, 11) is 0. The maximum Gasteiger partial charge on any atom is 0.0561 e. The van der Waals surface area contributed by atoms with E-state index in [0.717, 1.165) is 71.0 Å². The third-order valence-electron chi connectivity index (χ3n) is 39.9. The highest BCUT2D eigenvalue weighted by atomic mass is 32.1. The van der Waals surface area contributed by atoms with E-state index in [1.54, 1.807) is 33.4 Å². The Morgan fingerprint density at radius 1 is 0.173 bits per heavy atom. The Bertz CT molecular complexity index is 9380. The fraction of sp³-hybridized carbons (Fsp3) is 0.208. The summed E-state index contributed by atoms with van der Waals surface area (Å²) in [5, 5.41) is 15.5. The van der Waals surface area contributed by atoms with Gasteiger partial charge in [0.05, 0.1) is 22.1 Å². The average Bonchev–Trinajstić information content (AvgIpc) is 1.52. The third-order valence-corrected chi connectivity index (χ3v) is 41.0. The van der Waals surface area contributed by atoms with E-state index in [1.807, 2.05) is 11.3 Å². The van der Waals surface area contributed by atoms with Crippen LogP contribution in [0.4, 0.5) is 51.2 Å². The van der Waals surface area contributed by atoms with Crippen molar-refractivity contribution in [2.24, 2.45) is 71.0 Å². The summed E-state index contributed by atoms with van der Waals surface area (Å²) in [6.45, 7) is 0. The second-order valence-corrected chi connectivity index (χ2v) is 48.1. The molecule has 0 unspecified atom stereocenters. The first-order valence-electron chi connectivity index (χ1n) is 55.9. The Morgan fingerprint density at radius 3 is 0.847 bits per heavy atom. The molecule has 150 heavy (non-hydrogen) atoms. The lowest BCUT2D eigenvalue weighted by molar-refractivity contribution is -0.0399. The van der Waals surface area contributed by atoms with E-state index in [9.17, 15) is 0 Å². The molecule has 3 aromatic heterocycles. The molecule has 20 aromatic carbocycles. The molecule has 15 aliphatic carbocycles. The minimum Gasteiger partial charge on any atom is -0.310 e. The summed E-state index contributed by atoms with van der Waals surface area (Å²) in [5.74, 6) is 10.0. The molecule has 15 aliphatic rings. The van der Waals surface area contributed by atoms with Crippen LogP contribution < -0.4 is 14.7 Å². The molecule has 3 spiro atoms. The molecule has 0 amide bonds. The molecule has 0 radical (unpaired) electrons. The highest BCUT2D eigenvalue weighted by Gasteiger charge is 2.65. The van der Waals surface area contributed by atoms with Crippen molar-refractivity contribution in [3.05, 3.63) is 476 Å². The summed E-state index contributed by atoms with van der Waals surface area (Å²) >= 11 is 1.90. The third kappa shape index (κ3) is 12.7.